The Bertz CT molecular complexity index is 907. The summed E-state index contributed by atoms with van der Waals surface area (Å²) >= 11 is 2.67. The number of rotatable bonds is 16. The van der Waals surface area contributed by atoms with E-state index in [9.17, 15) is 14.4 Å². The highest BCUT2D eigenvalue weighted by atomic mass is 32.2. The first-order valence-corrected chi connectivity index (χ1v) is 15.0. The molecule has 0 radical (unpaired) electrons. The van der Waals surface area contributed by atoms with Gasteiger partial charge in [-0.25, -0.2) is 9.89 Å². The molecule has 1 aromatic carbocycles. The van der Waals surface area contributed by atoms with Crippen molar-refractivity contribution in [2.45, 2.75) is 96.8 Å². The molecule has 35 heavy (non-hydrogen) atoms. The molecule has 2 aliphatic rings. The van der Waals surface area contributed by atoms with Crippen LogP contribution in [0.25, 0.3) is 0 Å². The summed E-state index contributed by atoms with van der Waals surface area (Å²) in [5.74, 6) is 0.112. The quantitative estimate of drug-likeness (QED) is 0.127. The first-order valence-electron chi connectivity index (χ1n) is 13.2. The fourth-order valence-electron chi connectivity index (χ4n) is 4.35. The monoisotopic (exact) mass is 514 g/mol. The van der Waals surface area contributed by atoms with E-state index in [-0.39, 0.29) is 10.8 Å². The summed E-state index contributed by atoms with van der Waals surface area (Å²) in [5.41, 5.74) is 0.889. The molecule has 3 rings (SSSR count). The van der Waals surface area contributed by atoms with Crippen LogP contribution < -0.4 is 0 Å². The van der Waals surface area contributed by atoms with Crippen LogP contribution in [0.1, 0.15) is 118 Å². The third-order valence-corrected chi connectivity index (χ3v) is 8.50. The molecule has 0 atom stereocenters. The van der Waals surface area contributed by atoms with Crippen LogP contribution in [0.2, 0.25) is 0 Å². The lowest BCUT2D eigenvalue weighted by atomic mass is 10.0. The predicted octanol–water partition coefficient (Wildman–Crippen LogP) is 7.97. The topological polar surface area (TPSA) is 66.8 Å². The predicted molar refractivity (Wildman–Crippen MR) is 148 cm³/mol. The zero-order valence-corrected chi connectivity index (χ0v) is 22.6. The Labute approximate surface area is 218 Å². The largest absolute Gasteiger partial charge is 0.279 e. The van der Waals surface area contributed by atoms with Crippen molar-refractivity contribution in [3.8, 4) is 0 Å². The van der Waals surface area contributed by atoms with Gasteiger partial charge < -0.3 is 0 Å². The van der Waals surface area contributed by atoms with Gasteiger partial charge >= 0.3 is 0 Å². The van der Waals surface area contributed by atoms with E-state index in [1.807, 2.05) is 0 Å². The summed E-state index contributed by atoms with van der Waals surface area (Å²) in [7, 11) is 0. The van der Waals surface area contributed by atoms with Crippen molar-refractivity contribution in [2.24, 2.45) is 4.99 Å². The number of carbonyl (C=O) groups is 3. The molecule has 5 nitrogen and oxygen atoms in total. The Hall–Kier alpha value is -1.86. The van der Waals surface area contributed by atoms with Gasteiger partial charge in [-0.05, 0) is 30.3 Å². The van der Waals surface area contributed by atoms with E-state index in [4.69, 9.17) is 0 Å². The zero-order valence-electron chi connectivity index (χ0n) is 20.9. The van der Waals surface area contributed by atoms with Gasteiger partial charge in [0.05, 0.1) is 11.1 Å². The summed E-state index contributed by atoms with van der Waals surface area (Å²) in [5, 5.41) is -0.218. The van der Waals surface area contributed by atoms with Crippen molar-refractivity contribution in [2.75, 3.05) is 5.75 Å². The van der Waals surface area contributed by atoms with Crippen molar-refractivity contribution in [3.05, 3.63) is 47.3 Å². The number of benzene rings is 1. The summed E-state index contributed by atoms with van der Waals surface area (Å²) in [4.78, 5) is 42.7. The molecule has 2 aliphatic heterocycles. The molecule has 0 spiro atoms. The van der Waals surface area contributed by atoms with Crippen molar-refractivity contribution < 1.29 is 14.4 Å². The van der Waals surface area contributed by atoms with Gasteiger partial charge in [0.15, 0.2) is 0 Å². The number of nitrogens with zero attached hydrogens (tertiary/aromatic N) is 2. The number of unbranched alkanes of at least 4 members (excludes halogenated alkanes) is 13. The lowest BCUT2D eigenvalue weighted by Gasteiger charge is -2.07. The highest BCUT2D eigenvalue weighted by Gasteiger charge is 2.35. The number of hydrogen-bond donors (Lipinski definition) is 0. The minimum absolute atomic E-state index is 0.160. The number of imide groups is 1. The lowest BCUT2D eigenvalue weighted by molar-refractivity contribution is -0.107. The van der Waals surface area contributed by atoms with Crippen LogP contribution in [0.5, 0.6) is 0 Å². The van der Waals surface area contributed by atoms with Crippen LogP contribution >= 0.6 is 23.5 Å². The average Bonchev–Trinajstić information content (AvgIpc) is 3.33. The van der Waals surface area contributed by atoms with Crippen LogP contribution in [0.4, 0.5) is 0 Å². The SMILES string of the molecule is CCCCCCCCCCCCCCCCSC1=NC(=CN2C(=O)c3ccccc3C2=O)C(=O)S1. The molecule has 0 N–H and O–H groups in total. The lowest BCUT2D eigenvalue weighted by Crippen LogP contribution is -2.24. The summed E-state index contributed by atoms with van der Waals surface area (Å²) in [6, 6.07) is 6.70. The molecule has 1 aromatic rings. The summed E-state index contributed by atoms with van der Waals surface area (Å²) < 4.78 is 0.701. The number of fused-ring (bicyclic) bond motifs is 1. The van der Waals surface area contributed by atoms with Crippen molar-refractivity contribution in [1.29, 1.82) is 0 Å². The average molecular weight is 515 g/mol. The molecule has 0 fully saturated rings. The van der Waals surface area contributed by atoms with Crippen LogP contribution in [0, 0.1) is 0 Å². The van der Waals surface area contributed by atoms with Gasteiger partial charge in [-0.15, -0.1) is 0 Å². The van der Waals surface area contributed by atoms with Crippen LogP contribution in [-0.2, 0) is 4.79 Å². The Kier molecular flexibility index (Phi) is 12.1. The highest BCUT2D eigenvalue weighted by Crippen LogP contribution is 2.32. The van der Waals surface area contributed by atoms with Crippen molar-refractivity contribution in [1.82, 2.24) is 4.90 Å². The smallest absolute Gasteiger partial charge is 0.265 e. The van der Waals surface area contributed by atoms with E-state index in [0.29, 0.717) is 15.5 Å². The normalized spacial score (nSPS) is 16.5. The maximum Gasteiger partial charge on any atom is 0.265 e. The molecule has 0 bridgehead atoms. The Morgan fingerprint density at radius 2 is 1.26 bits per heavy atom. The molecule has 0 unspecified atom stereocenters. The number of hydrogen-bond acceptors (Lipinski definition) is 6. The molecule has 2 heterocycles. The van der Waals surface area contributed by atoms with Gasteiger partial charge in [-0.2, -0.15) is 0 Å². The third kappa shape index (κ3) is 8.64. The van der Waals surface area contributed by atoms with E-state index in [2.05, 4.69) is 11.9 Å². The van der Waals surface area contributed by atoms with Crippen LogP contribution in [-0.4, -0.2) is 32.0 Å². The standard InChI is InChI=1S/C28H38N2O3S2/c1-2-3-4-5-6-7-8-9-10-11-12-13-14-17-20-34-28-29-24(27(33)35-28)21-30-25(31)22-18-15-16-19-23(22)26(30)32/h15-16,18-19,21H,2-14,17,20H2,1H3. The second kappa shape index (κ2) is 15.3. The number of thioether (sulfide) groups is 2. The maximum absolute atomic E-state index is 12.5. The van der Waals surface area contributed by atoms with Gasteiger partial charge in [-0.1, -0.05) is 114 Å². The molecule has 0 aliphatic carbocycles. The molecule has 2 amide bonds. The second-order valence-electron chi connectivity index (χ2n) is 9.25. The first kappa shape index (κ1) is 27.7. The van der Waals surface area contributed by atoms with Gasteiger partial charge in [0, 0.05) is 12.0 Å². The minimum atomic E-state index is -0.408. The Balaban J connectivity index is 1.25. The van der Waals surface area contributed by atoms with E-state index in [0.717, 1.165) is 28.8 Å². The molecule has 190 valence electrons. The third-order valence-electron chi connectivity index (χ3n) is 6.40. The highest BCUT2D eigenvalue weighted by molar-refractivity contribution is 8.45. The molecule has 0 aromatic heterocycles. The molecule has 0 saturated heterocycles. The van der Waals surface area contributed by atoms with E-state index < -0.39 is 11.8 Å². The fourth-order valence-corrected chi connectivity index (χ4v) is 6.25. The van der Waals surface area contributed by atoms with E-state index in [1.54, 1.807) is 36.0 Å². The number of carbonyl (C=O) groups excluding carboxylic acids is 3. The Morgan fingerprint density at radius 3 is 1.77 bits per heavy atom. The minimum Gasteiger partial charge on any atom is -0.279 e. The number of amides is 2. The summed E-state index contributed by atoms with van der Waals surface area (Å²) in [6.07, 6.45) is 20.0. The van der Waals surface area contributed by atoms with Gasteiger partial charge in [0.1, 0.15) is 10.1 Å². The van der Waals surface area contributed by atoms with Crippen LogP contribution in [0.3, 0.4) is 0 Å². The zero-order chi connectivity index (χ0) is 24.9. The van der Waals surface area contributed by atoms with Gasteiger partial charge in [-0.3, -0.25) is 14.4 Å². The summed E-state index contributed by atoms with van der Waals surface area (Å²) in [6.45, 7) is 2.27. The van der Waals surface area contributed by atoms with Gasteiger partial charge in [0.25, 0.3) is 11.8 Å². The molecule has 0 saturated carbocycles. The first-order chi connectivity index (χ1) is 17.1. The number of aliphatic imine (C=N–C) groups is 1. The maximum atomic E-state index is 12.5. The van der Waals surface area contributed by atoms with Crippen LogP contribution in [0.15, 0.2) is 41.2 Å². The second-order valence-corrected chi connectivity index (χ2v) is 11.6. The van der Waals surface area contributed by atoms with Crippen molar-refractivity contribution in [3.63, 3.8) is 0 Å². The molecule has 7 heteroatoms. The molecular weight excluding hydrogens is 476 g/mol. The van der Waals surface area contributed by atoms with Gasteiger partial charge in [0.2, 0.25) is 5.12 Å². The van der Waals surface area contributed by atoms with Crippen molar-refractivity contribution >= 4 is 44.8 Å². The molecular formula is C28H38N2O3S2. The van der Waals surface area contributed by atoms with E-state index in [1.165, 1.54) is 89.7 Å². The fraction of sp³-hybridized carbons (Fsp3) is 0.571. The Morgan fingerprint density at radius 1 is 0.771 bits per heavy atom. The van der Waals surface area contributed by atoms with E-state index >= 15 is 0 Å².